The molecule has 5 N–H and O–H groups in total. The van der Waals surface area contributed by atoms with Gasteiger partial charge < -0.3 is 20.9 Å². The maximum Gasteiger partial charge on any atom is 0.265 e. The predicted octanol–water partition coefficient (Wildman–Crippen LogP) is -1.22. The van der Waals surface area contributed by atoms with Crippen molar-refractivity contribution in [3.05, 3.63) is 12.2 Å². The second kappa shape index (κ2) is 14.1. The minimum atomic E-state index is -3.97. The summed E-state index contributed by atoms with van der Waals surface area (Å²) in [5.74, 6) is -1.42. The van der Waals surface area contributed by atoms with Gasteiger partial charge in [0, 0.05) is 38.1 Å². The molecule has 0 aromatic heterocycles. The number of nitrogens with two attached hydrogens (primary N) is 1. The van der Waals surface area contributed by atoms with Crippen LogP contribution < -0.4 is 16.4 Å². The van der Waals surface area contributed by atoms with Gasteiger partial charge in [-0.25, -0.2) is 0 Å². The van der Waals surface area contributed by atoms with E-state index in [2.05, 4.69) is 10.6 Å². The fourth-order valence-corrected chi connectivity index (χ4v) is 3.88. The number of hydrogen-bond acceptors (Lipinski definition) is 7. The normalized spacial score (nSPS) is 15.0. The molecule has 0 saturated heterocycles. The van der Waals surface area contributed by atoms with E-state index in [1.165, 1.54) is 12.2 Å². The number of carbonyl (C=O) groups excluding carboxylic acids is 4. The Morgan fingerprint density at radius 1 is 1.03 bits per heavy atom. The molecule has 0 aliphatic carbocycles. The van der Waals surface area contributed by atoms with Crippen LogP contribution >= 0.6 is 0 Å². The van der Waals surface area contributed by atoms with E-state index in [1.54, 1.807) is 0 Å². The zero-order chi connectivity index (χ0) is 25.8. The van der Waals surface area contributed by atoms with E-state index in [0.29, 0.717) is 62.8 Å². The monoisotopic (exact) mass is 504 g/mol. The van der Waals surface area contributed by atoms with E-state index in [9.17, 15) is 27.6 Å². The van der Waals surface area contributed by atoms with Crippen molar-refractivity contribution in [1.29, 1.82) is 0 Å². The number of nitrogens with zero attached hydrogens (tertiary/aromatic N) is 2. The zero-order valence-electron chi connectivity index (χ0n) is 20.0. The zero-order valence-corrected chi connectivity index (χ0v) is 20.8. The Labute approximate surface area is 201 Å². The number of imide groups is 1. The van der Waals surface area contributed by atoms with Crippen LogP contribution in [0.2, 0.25) is 0 Å². The van der Waals surface area contributed by atoms with Crippen LogP contribution in [0.1, 0.15) is 38.5 Å². The molecule has 0 aromatic carbocycles. The lowest BCUT2D eigenvalue weighted by Gasteiger charge is -2.30. The van der Waals surface area contributed by atoms with Gasteiger partial charge in [-0.15, -0.1) is 0 Å². The molecule has 34 heavy (non-hydrogen) atoms. The van der Waals surface area contributed by atoms with Crippen LogP contribution in [-0.4, -0.2) is 105 Å². The highest BCUT2D eigenvalue weighted by Gasteiger charge is 2.22. The van der Waals surface area contributed by atoms with Gasteiger partial charge in [0.2, 0.25) is 11.8 Å². The average Bonchev–Trinajstić information content (AvgIpc) is 3.04. The summed E-state index contributed by atoms with van der Waals surface area (Å²) >= 11 is 0. The summed E-state index contributed by atoms with van der Waals surface area (Å²) in [6, 6.07) is -0.657. The first-order chi connectivity index (χ1) is 15.8. The third-order valence-corrected chi connectivity index (χ3v) is 6.27. The van der Waals surface area contributed by atoms with Gasteiger partial charge in [-0.05, 0) is 25.7 Å². The Morgan fingerprint density at radius 3 is 2.29 bits per heavy atom. The Balaban J connectivity index is 2.08. The Bertz CT molecular complexity index is 840. The average molecular weight is 505 g/mol. The first-order valence-corrected chi connectivity index (χ1v) is 13.0. The maximum atomic E-state index is 12.1. The van der Waals surface area contributed by atoms with E-state index in [0.717, 1.165) is 4.90 Å². The van der Waals surface area contributed by atoms with Crippen LogP contribution in [0.15, 0.2) is 12.2 Å². The quantitative estimate of drug-likeness (QED) is 0.0824. The van der Waals surface area contributed by atoms with E-state index < -0.39 is 16.2 Å². The molecule has 0 aromatic rings. The van der Waals surface area contributed by atoms with Gasteiger partial charge in [-0.2, -0.15) is 8.42 Å². The van der Waals surface area contributed by atoms with Crippen LogP contribution in [-0.2, 0) is 29.3 Å². The van der Waals surface area contributed by atoms with Crippen LogP contribution in [0.4, 0.5) is 0 Å². The highest BCUT2D eigenvalue weighted by Crippen LogP contribution is 2.06. The Hall–Kier alpha value is -2.35. The standard InChI is InChI=1S/C21H37N5O7S/c1-26(2,14-6-16-34(31,32)33)15-12-24-21(30)17(22)7-3-4-11-23-18(27)8-5-13-25-19(28)9-10-20(25)29/h9-10,17H,3-8,11-16,22H2,1-2H3,(H2-,23,24,27,30,31,32,33)/p+1. The number of hydrogen-bond donors (Lipinski definition) is 4. The largest absolute Gasteiger partial charge is 0.356 e. The van der Waals surface area contributed by atoms with Crippen molar-refractivity contribution in [2.24, 2.45) is 5.73 Å². The van der Waals surface area contributed by atoms with Gasteiger partial charge in [-0.3, -0.25) is 28.6 Å². The molecule has 1 unspecified atom stereocenters. The van der Waals surface area contributed by atoms with Crippen LogP contribution in [0, 0.1) is 0 Å². The van der Waals surface area contributed by atoms with Crippen molar-refractivity contribution < 1.29 is 36.6 Å². The van der Waals surface area contributed by atoms with Crippen molar-refractivity contribution in [2.45, 2.75) is 44.6 Å². The maximum absolute atomic E-state index is 12.1. The topological polar surface area (TPSA) is 176 Å². The molecular formula is C21H38N5O7S+. The fraction of sp³-hybridized carbons (Fsp3) is 0.714. The van der Waals surface area contributed by atoms with Crippen LogP contribution in [0.5, 0.6) is 0 Å². The van der Waals surface area contributed by atoms with Gasteiger partial charge in [0.05, 0.1) is 45.5 Å². The summed E-state index contributed by atoms with van der Waals surface area (Å²) in [7, 11) is -0.147. The number of unbranched alkanes of at least 4 members (excludes halogenated alkanes) is 1. The molecular weight excluding hydrogens is 466 g/mol. The van der Waals surface area contributed by atoms with Crippen molar-refractivity contribution in [1.82, 2.24) is 15.5 Å². The summed E-state index contributed by atoms with van der Waals surface area (Å²) in [5.41, 5.74) is 5.92. The SMILES string of the molecule is C[N+](C)(CCCS(=O)(=O)O)CCNC(=O)C(N)CCCCNC(=O)CCCN1C(=O)C=CC1=O. The van der Waals surface area contributed by atoms with Crippen LogP contribution in [0.3, 0.4) is 0 Å². The Kier molecular flexibility index (Phi) is 12.3. The van der Waals surface area contributed by atoms with Crippen molar-refractivity contribution in [3.8, 4) is 0 Å². The van der Waals surface area contributed by atoms with Gasteiger partial charge in [-0.1, -0.05) is 0 Å². The van der Waals surface area contributed by atoms with Crippen molar-refractivity contribution in [3.63, 3.8) is 0 Å². The molecule has 13 heteroatoms. The summed E-state index contributed by atoms with van der Waals surface area (Å²) in [5, 5.41) is 5.55. The first kappa shape index (κ1) is 29.7. The lowest BCUT2D eigenvalue weighted by molar-refractivity contribution is -0.889. The third kappa shape index (κ3) is 12.8. The molecule has 1 rings (SSSR count). The number of nitrogens with one attached hydrogen (secondary N) is 2. The summed E-state index contributed by atoms with van der Waals surface area (Å²) in [6.45, 7) is 2.19. The lowest BCUT2D eigenvalue weighted by atomic mass is 10.1. The number of quaternary nitrogens is 1. The van der Waals surface area contributed by atoms with Gasteiger partial charge in [0.25, 0.3) is 21.9 Å². The van der Waals surface area contributed by atoms with Crippen molar-refractivity contribution in [2.75, 3.05) is 52.6 Å². The lowest BCUT2D eigenvalue weighted by Crippen LogP contribution is -2.48. The minimum Gasteiger partial charge on any atom is -0.356 e. The minimum absolute atomic E-state index is 0.161. The molecule has 0 bridgehead atoms. The molecule has 1 heterocycles. The highest BCUT2D eigenvalue weighted by molar-refractivity contribution is 7.85. The number of carbonyl (C=O) groups is 4. The summed E-state index contributed by atoms with van der Waals surface area (Å²) in [6.07, 6.45) is 5.16. The molecule has 0 saturated carbocycles. The van der Waals surface area contributed by atoms with E-state index in [1.807, 2.05) is 14.1 Å². The number of amides is 4. The Morgan fingerprint density at radius 2 is 1.68 bits per heavy atom. The second-order valence-corrected chi connectivity index (χ2v) is 10.6. The molecule has 1 aliphatic heterocycles. The number of likely N-dealkylation sites (N-methyl/N-ethyl adjacent to an activating group) is 1. The van der Waals surface area contributed by atoms with E-state index >= 15 is 0 Å². The summed E-state index contributed by atoms with van der Waals surface area (Å²) in [4.78, 5) is 48.0. The molecule has 12 nitrogen and oxygen atoms in total. The molecule has 0 fully saturated rings. The molecule has 1 aliphatic rings. The van der Waals surface area contributed by atoms with Crippen molar-refractivity contribution >= 4 is 33.7 Å². The first-order valence-electron chi connectivity index (χ1n) is 11.4. The van der Waals surface area contributed by atoms with E-state index in [4.69, 9.17) is 10.3 Å². The molecule has 0 radical (unpaired) electrons. The van der Waals surface area contributed by atoms with E-state index in [-0.39, 0.29) is 42.3 Å². The smallest absolute Gasteiger partial charge is 0.265 e. The highest BCUT2D eigenvalue weighted by atomic mass is 32.2. The number of rotatable bonds is 17. The fourth-order valence-electron chi connectivity index (χ4n) is 3.39. The predicted molar refractivity (Wildman–Crippen MR) is 126 cm³/mol. The molecule has 4 amide bonds. The van der Waals surface area contributed by atoms with Gasteiger partial charge in [0.1, 0.15) is 0 Å². The third-order valence-electron chi connectivity index (χ3n) is 5.47. The second-order valence-electron chi connectivity index (χ2n) is 9.03. The molecule has 194 valence electrons. The van der Waals surface area contributed by atoms with Crippen LogP contribution in [0.25, 0.3) is 0 Å². The van der Waals surface area contributed by atoms with Gasteiger partial charge in [0.15, 0.2) is 0 Å². The molecule has 0 spiro atoms. The molecule has 1 atom stereocenters. The summed E-state index contributed by atoms with van der Waals surface area (Å²) < 4.78 is 30.9. The van der Waals surface area contributed by atoms with Gasteiger partial charge >= 0.3 is 0 Å².